The van der Waals surface area contributed by atoms with Crippen molar-refractivity contribution >= 4 is 28.6 Å². The fraction of sp³-hybridized carbons (Fsp3) is 0.158. The van der Waals surface area contributed by atoms with Gasteiger partial charge in [0.2, 0.25) is 5.16 Å². The Morgan fingerprint density at radius 2 is 2.03 bits per heavy atom. The van der Waals surface area contributed by atoms with Gasteiger partial charge >= 0.3 is 5.76 Å². The largest absolute Gasteiger partial charge is 0.497 e. The maximum atomic E-state index is 12.5. The molecule has 11 heteroatoms. The van der Waals surface area contributed by atoms with E-state index in [4.69, 9.17) is 19.7 Å². The maximum absolute atomic E-state index is 12.5. The third-order valence-electron chi connectivity index (χ3n) is 4.39. The van der Waals surface area contributed by atoms with Crippen LogP contribution in [0.5, 0.6) is 11.5 Å². The predicted molar refractivity (Wildman–Crippen MR) is 111 cm³/mol. The van der Waals surface area contributed by atoms with Crippen LogP contribution in [0.1, 0.15) is 10.4 Å². The molecule has 4 aromatic rings. The quantitative estimate of drug-likeness (QED) is 0.258. The van der Waals surface area contributed by atoms with Gasteiger partial charge in [-0.25, -0.2) is 9.47 Å². The second-order valence-electron chi connectivity index (χ2n) is 6.18. The number of aromatic amines is 1. The lowest BCUT2D eigenvalue weighted by atomic mass is 10.1. The smallest absolute Gasteiger partial charge is 0.417 e. The van der Waals surface area contributed by atoms with Gasteiger partial charge in [-0.2, -0.15) is 0 Å². The van der Waals surface area contributed by atoms with E-state index < -0.39 is 5.76 Å². The average molecular weight is 427 g/mol. The van der Waals surface area contributed by atoms with Gasteiger partial charge in [-0.05, 0) is 30.3 Å². The van der Waals surface area contributed by atoms with Gasteiger partial charge in [-0.3, -0.25) is 9.78 Å². The summed E-state index contributed by atoms with van der Waals surface area (Å²) < 4.78 is 16.9. The van der Waals surface area contributed by atoms with E-state index in [1.165, 1.54) is 17.9 Å². The molecule has 2 aromatic heterocycles. The van der Waals surface area contributed by atoms with E-state index in [2.05, 4.69) is 15.2 Å². The lowest BCUT2D eigenvalue weighted by Gasteiger charge is -2.10. The number of nitrogens with zero attached hydrogens (tertiary/aromatic N) is 3. The van der Waals surface area contributed by atoms with Crippen molar-refractivity contribution < 1.29 is 18.7 Å². The highest BCUT2D eigenvalue weighted by molar-refractivity contribution is 7.99. The maximum Gasteiger partial charge on any atom is 0.417 e. The van der Waals surface area contributed by atoms with Crippen LogP contribution in [0.2, 0.25) is 0 Å². The standard InChI is InChI=1S/C19H17N5O5S/c1-27-11-4-5-12(15(8-11)28-2)17-22-23-18(24(17)20)30-9-14(25)10-3-6-13-16(7-10)29-19(26)21-13/h3-8H,9,20H2,1-2H3,(H,21,26). The van der Waals surface area contributed by atoms with Crippen LogP contribution in [0.15, 0.2) is 50.8 Å². The van der Waals surface area contributed by atoms with Gasteiger partial charge in [-0.1, -0.05) is 11.8 Å². The molecule has 0 aliphatic rings. The first-order valence-corrected chi connectivity index (χ1v) is 9.70. The Morgan fingerprint density at radius 1 is 1.20 bits per heavy atom. The number of nitrogens with two attached hydrogens (primary N) is 1. The molecule has 3 N–H and O–H groups in total. The molecular formula is C19H17N5O5S. The summed E-state index contributed by atoms with van der Waals surface area (Å²) in [5, 5.41) is 8.57. The Hall–Kier alpha value is -3.73. The van der Waals surface area contributed by atoms with Crippen LogP contribution in [0.4, 0.5) is 0 Å². The lowest BCUT2D eigenvalue weighted by molar-refractivity contribution is 0.102. The molecule has 30 heavy (non-hydrogen) atoms. The summed E-state index contributed by atoms with van der Waals surface area (Å²) in [4.78, 5) is 26.3. The number of thioether (sulfide) groups is 1. The summed E-state index contributed by atoms with van der Waals surface area (Å²) >= 11 is 1.15. The summed E-state index contributed by atoms with van der Waals surface area (Å²) in [5.74, 6) is 7.04. The number of carbonyl (C=O) groups is 1. The van der Waals surface area contributed by atoms with Gasteiger partial charge in [0.05, 0.1) is 31.1 Å². The molecule has 0 saturated carbocycles. The molecule has 0 amide bonds. The molecule has 0 atom stereocenters. The molecule has 4 rings (SSSR count). The zero-order chi connectivity index (χ0) is 21.3. The first-order chi connectivity index (χ1) is 14.5. The van der Waals surface area contributed by atoms with E-state index in [9.17, 15) is 9.59 Å². The molecule has 0 spiro atoms. The second kappa shape index (κ2) is 7.95. The van der Waals surface area contributed by atoms with Gasteiger partial charge in [0.1, 0.15) is 11.5 Å². The van der Waals surface area contributed by atoms with Crippen LogP contribution < -0.4 is 21.1 Å². The SMILES string of the molecule is COc1ccc(-c2nnc(SCC(=O)c3ccc4[nH]c(=O)oc4c3)n2N)c(OC)c1. The first-order valence-electron chi connectivity index (χ1n) is 8.72. The van der Waals surface area contributed by atoms with Crippen molar-refractivity contribution in [2.24, 2.45) is 0 Å². The number of rotatable bonds is 7. The molecule has 154 valence electrons. The zero-order valence-electron chi connectivity index (χ0n) is 16.0. The van der Waals surface area contributed by atoms with Crippen LogP contribution in [-0.2, 0) is 0 Å². The molecule has 2 aromatic carbocycles. The summed E-state index contributed by atoms with van der Waals surface area (Å²) in [6, 6.07) is 10.0. The van der Waals surface area contributed by atoms with E-state index >= 15 is 0 Å². The topological polar surface area (TPSA) is 138 Å². The molecule has 0 aliphatic carbocycles. The average Bonchev–Trinajstić information content (AvgIpc) is 3.32. The fourth-order valence-corrected chi connectivity index (χ4v) is 3.63. The Kier molecular flexibility index (Phi) is 5.19. The normalized spacial score (nSPS) is 11.0. The number of aromatic nitrogens is 4. The van der Waals surface area contributed by atoms with E-state index in [0.29, 0.717) is 44.7 Å². The molecule has 10 nitrogen and oxygen atoms in total. The van der Waals surface area contributed by atoms with Gasteiger partial charge < -0.3 is 19.7 Å². The van der Waals surface area contributed by atoms with Crippen molar-refractivity contribution in [3.8, 4) is 22.9 Å². The number of fused-ring (bicyclic) bond motifs is 1. The highest BCUT2D eigenvalue weighted by Gasteiger charge is 2.18. The van der Waals surface area contributed by atoms with Gasteiger partial charge in [0.15, 0.2) is 17.2 Å². The minimum atomic E-state index is -0.568. The fourth-order valence-electron chi connectivity index (χ4n) is 2.87. The Bertz CT molecular complexity index is 1290. The number of ether oxygens (including phenoxy) is 2. The molecule has 0 aliphatic heterocycles. The zero-order valence-corrected chi connectivity index (χ0v) is 16.9. The van der Waals surface area contributed by atoms with Crippen LogP contribution in [0.25, 0.3) is 22.5 Å². The molecule has 0 bridgehead atoms. The molecule has 0 saturated heterocycles. The summed E-state index contributed by atoms with van der Waals surface area (Å²) in [7, 11) is 3.10. The first kappa shape index (κ1) is 19.6. The van der Waals surface area contributed by atoms with Gasteiger partial charge in [-0.15, -0.1) is 10.2 Å². The van der Waals surface area contributed by atoms with Crippen molar-refractivity contribution in [3.05, 3.63) is 52.5 Å². The van der Waals surface area contributed by atoms with Crippen LogP contribution >= 0.6 is 11.8 Å². The molecular weight excluding hydrogens is 410 g/mol. The number of hydrogen-bond acceptors (Lipinski definition) is 9. The summed E-state index contributed by atoms with van der Waals surface area (Å²) in [6.45, 7) is 0. The van der Waals surface area contributed by atoms with E-state index in [-0.39, 0.29) is 11.5 Å². The molecule has 0 fully saturated rings. The second-order valence-corrected chi connectivity index (χ2v) is 7.12. The minimum Gasteiger partial charge on any atom is -0.497 e. The number of benzene rings is 2. The monoisotopic (exact) mass is 427 g/mol. The van der Waals surface area contributed by atoms with E-state index in [1.807, 2.05) is 0 Å². The van der Waals surface area contributed by atoms with Gasteiger partial charge in [0, 0.05) is 11.6 Å². The molecule has 0 unspecified atom stereocenters. The van der Waals surface area contributed by atoms with Crippen molar-refractivity contribution in [3.63, 3.8) is 0 Å². The third kappa shape index (κ3) is 3.62. The number of nitrogens with one attached hydrogen (secondary N) is 1. The highest BCUT2D eigenvalue weighted by atomic mass is 32.2. The van der Waals surface area contributed by atoms with Gasteiger partial charge in [0.25, 0.3) is 0 Å². The molecule has 0 radical (unpaired) electrons. The Labute approximate surface area is 174 Å². The number of H-pyrrole nitrogens is 1. The molecule has 2 heterocycles. The highest BCUT2D eigenvalue weighted by Crippen LogP contribution is 2.33. The Balaban J connectivity index is 1.53. The summed E-state index contributed by atoms with van der Waals surface area (Å²) in [5.41, 5.74) is 1.91. The predicted octanol–water partition coefficient (Wildman–Crippen LogP) is 2.09. The van der Waals surface area contributed by atoms with Crippen molar-refractivity contribution in [2.75, 3.05) is 25.8 Å². The lowest BCUT2D eigenvalue weighted by Crippen LogP contribution is -2.13. The van der Waals surface area contributed by atoms with Crippen LogP contribution in [-0.4, -0.2) is 45.6 Å². The van der Waals surface area contributed by atoms with Crippen molar-refractivity contribution in [1.82, 2.24) is 19.9 Å². The number of ketones is 1. The minimum absolute atomic E-state index is 0.0786. The van der Waals surface area contributed by atoms with E-state index in [1.54, 1.807) is 37.4 Å². The van der Waals surface area contributed by atoms with Crippen molar-refractivity contribution in [2.45, 2.75) is 5.16 Å². The van der Waals surface area contributed by atoms with Crippen LogP contribution in [0, 0.1) is 0 Å². The Morgan fingerprint density at radius 3 is 2.80 bits per heavy atom. The summed E-state index contributed by atoms with van der Waals surface area (Å²) in [6.07, 6.45) is 0. The number of hydrogen-bond donors (Lipinski definition) is 2. The van der Waals surface area contributed by atoms with Crippen LogP contribution in [0.3, 0.4) is 0 Å². The number of methoxy groups -OCH3 is 2. The number of oxazole rings is 1. The van der Waals surface area contributed by atoms with E-state index in [0.717, 1.165) is 11.8 Å². The van der Waals surface area contributed by atoms with Crippen molar-refractivity contribution in [1.29, 1.82) is 0 Å². The third-order valence-corrected chi connectivity index (χ3v) is 5.33. The number of carbonyl (C=O) groups excluding carboxylic acids is 1. The number of Topliss-reactive ketones (excluding diaryl/α,β-unsaturated/α-hetero) is 1. The number of nitrogen functional groups attached to an aromatic ring is 1.